The lowest BCUT2D eigenvalue weighted by Crippen LogP contribution is -3.00. The number of amides is 2. The predicted octanol–water partition coefficient (Wildman–Crippen LogP) is -8.63. The molecule has 1 aromatic carbocycles. The number of hydrogen-bond acceptors (Lipinski definition) is 8. The summed E-state index contributed by atoms with van der Waals surface area (Å²) in [4.78, 5) is 26.1. The van der Waals surface area contributed by atoms with E-state index in [9.17, 15) is 18.0 Å². The summed E-state index contributed by atoms with van der Waals surface area (Å²) >= 11 is 0. The van der Waals surface area contributed by atoms with E-state index >= 15 is 0 Å². The summed E-state index contributed by atoms with van der Waals surface area (Å²) < 4.78 is 32.1. The highest BCUT2D eigenvalue weighted by molar-refractivity contribution is 7.89. The second kappa shape index (κ2) is 20.5. The van der Waals surface area contributed by atoms with Crippen molar-refractivity contribution in [2.45, 2.75) is 57.5 Å². The van der Waals surface area contributed by atoms with E-state index in [4.69, 9.17) is 21.9 Å². The molecule has 2 amide bonds. The molecular weight excluding hydrogens is 591 g/mol. The van der Waals surface area contributed by atoms with Gasteiger partial charge in [-0.15, -0.1) is 0 Å². The molecule has 0 unspecified atom stereocenters. The lowest BCUT2D eigenvalue weighted by atomic mass is 9.84. The summed E-state index contributed by atoms with van der Waals surface area (Å²) in [6.07, 6.45) is 5.76. The lowest BCUT2D eigenvalue weighted by molar-refractivity contribution is -0.127. The quantitative estimate of drug-likeness (QED) is 0.126. The largest absolute Gasteiger partial charge is 1.00 e. The number of rotatable bonds is 15. The van der Waals surface area contributed by atoms with Crippen LogP contribution in [-0.2, 0) is 19.6 Å². The molecule has 0 radical (unpaired) electrons. The Morgan fingerprint density at radius 2 is 1.56 bits per heavy atom. The molecule has 2 atom stereocenters. The minimum atomic E-state index is -3.86. The Kier molecular flexibility index (Phi) is 20.9. The fourth-order valence-corrected chi connectivity index (χ4v) is 5.97. The number of nitrogens with zero attached hydrogens (tertiary/aromatic N) is 1. The van der Waals surface area contributed by atoms with Crippen molar-refractivity contribution in [2.75, 3.05) is 43.9 Å². The molecule has 0 bridgehead atoms. The highest BCUT2D eigenvalue weighted by atomic mass is 35.5. The molecule has 0 saturated heterocycles. The molecular formula is C24H42Cl3N6O5S-3. The molecule has 0 aromatic heterocycles. The molecule has 1 fully saturated rings. The summed E-state index contributed by atoms with van der Waals surface area (Å²) in [5, 5.41) is 5.55. The van der Waals surface area contributed by atoms with Gasteiger partial charge in [-0.1, -0.05) is 32.1 Å². The smallest absolute Gasteiger partial charge is 0.246 e. The second-order valence-corrected chi connectivity index (χ2v) is 11.1. The molecule has 39 heavy (non-hydrogen) atoms. The third-order valence-corrected chi connectivity index (χ3v) is 8.17. The molecule has 0 spiro atoms. The number of ether oxygens (including phenoxy) is 1. The van der Waals surface area contributed by atoms with E-state index in [2.05, 4.69) is 10.6 Å². The summed E-state index contributed by atoms with van der Waals surface area (Å²) in [6, 6.07) is 4.77. The van der Waals surface area contributed by atoms with Crippen LogP contribution < -0.4 is 69.8 Å². The van der Waals surface area contributed by atoms with Crippen molar-refractivity contribution in [3.05, 3.63) is 24.3 Å². The minimum Gasteiger partial charge on any atom is -1.00 e. The summed E-state index contributed by atoms with van der Waals surface area (Å²) in [7, 11) is -3.86. The van der Waals surface area contributed by atoms with Crippen LogP contribution in [0.1, 0.15) is 45.4 Å². The standard InChI is InChI=1S/C24H42N6O5S.3ClH/c1-2-35-20-10-8-19(9-11-20)28-24(32)22(16-18-6-4-3-5-7-18)29-23(31)21(27)17-36(33,34)30(14-12-25)15-13-26;;;/h8-11,18,21-22H,2-7,12-17,25-27H2,1H3,(H,28,32)(H,29,31);3*1H/p-3/t21-,22-;;;/m0.../s1. The van der Waals surface area contributed by atoms with E-state index in [1.165, 1.54) is 0 Å². The first-order valence-electron chi connectivity index (χ1n) is 12.7. The third kappa shape index (κ3) is 13.7. The topological polar surface area (TPSA) is 183 Å². The maximum absolute atomic E-state index is 13.2. The zero-order valence-electron chi connectivity index (χ0n) is 22.3. The molecule has 8 N–H and O–H groups in total. The van der Waals surface area contributed by atoms with Crippen LogP contribution in [0.3, 0.4) is 0 Å². The van der Waals surface area contributed by atoms with E-state index in [1.807, 2.05) is 6.92 Å². The van der Waals surface area contributed by atoms with Crippen molar-refractivity contribution in [1.82, 2.24) is 9.62 Å². The minimum absolute atomic E-state index is 0. The molecule has 1 aromatic rings. The van der Waals surface area contributed by atoms with Gasteiger partial charge in [-0.2, -0.15) is 4.31 Å². The number of hydrogen-bond donors (Lipinski definition) is 5. The van der Waals surface area contributed by atoms with Gasteiger partial charge in [-0.05, 0) is 43.5 Å². The van der Waals surface area contributed by atoms with Crippen LogP contribution in [0.15, 0.2) is 24.3 Å². The monoisotopic (exact) mass is 631 g/mol. The molecule has 0 aliphatic heterocycles. The Labute approximate surface area is 251 Å². The molecule has 11 nitrogen and oxygen atoms in total. The van der Waals surface area contributed by atoms with Gasteiger partial charge >= 0.3 is 0 Å². The normalized spacial score (nSPS) is 15.1. The number of carbonyl (C=O) groups is 2. The first-order chi connectivity index (χ1) is 17.2. The van der Waals surface area contributed by atoms with Crippen LogP contribution in [0.2, 0.25) is 0 Å². The highest BCUT2D eigenvalue weighted by Crippen LogP contribution is 2.28. The summed E-state index contributed by atoms with van der Waals surface area (Å²) in [5.41, 5.74) is 17.6. The van der Waals surface area contributed by atoms with Gasteiger partial charge in [0.1, 0.15) is 11.8 Å². The maximum atomic E-state index is 13.2. The second-order valence-electron chi connectivity index (χ2n) is 9.11. The predicted molar refractivity (Wildman–Crippen MR) is 141 cm³/mol. The average Bonchev–Trinajstić information content (AvgIpc) is 2.85. The van der Waals surface area contributed by atoms with E-state index < -0.39 is 33.8 Å². The van der Waals surface area contributed by atoms with Crippen LogP contribution in [0.4, 0.5) is 5.69 Å². The van der Waals surface area contributed by atoms with Gasteiger partial charge in [0.15, 0.2) is 0 Å². The van der Waals surface area contributed by atoms with E-state index in [0.29, 0.717) is 30.4 Å². The molecule has 2 rings (SSSR count). The van der Waals surface area contributed by atoms with Crippen LogP contribution in [-0.4, -0.2) is 75.2 Å². The van der Waals surface area contributed by atoms with Crippen molar-refractivity contribution in [3.63, 3.8) is 0 Å². The Morgan fingerprint density at radius 1 is 1.00 bits per heavy atom. The first-order valence-corrected chi connectivity index (χ1v) is 14.3. The number of nitrogens with one attached hydrogen (secondary N) is 2. The maximum Gasteiger partial charge on any atom is 0.246 e. The Balaban J connectivity index is 0. The third-order valence-electron chi connectivity index (χ3n) is 6.24. The van der Waals surface area contributed by atoms with E-state index in [0.717, 1.165) is 36.4 Å². The zero-order chi connectivity index (χ0) is 26.6. The van der Waals surface area contributed by atoms with Gasteiger partial charge in [0.25, 0.3) is 0 Å². The molecule has 15 heteroatoms. The van der Waals surface area contributed by atoms with Gasteiger partial charge in [-0.25, -0.2) is 8.42 Å². The molecule has 1 aliphatic rings. The SMILES string of the molecule is CCOc1ccc(NC(=O)[C@H](CC2CCCCC2)NC(=O)[C@@H](N)CS(=O)(=O)N(CCN)CCN)cc1.[Cl-].[Cl-].[Cl-]. The van der Waals surface area contributed by atoms with Gasteiger partial charge in [0.2, 0.25) is 21.8 Å². The Hall–Kier alpha value is -1.38. The number of benzene rings is 1. The van der Waals surface area contributed by atoms with Crippen LogP contribution in [0.5, 0.6) is 5.75 Å². The Bertz CT molecular complexity index is 931. The van der Waals surface area contributed by atoms with Crippen LogP contribution in [0.25, 0.3) is 0 Å². The van der Waals surface area contributed by atoms with E-state index in [1.54, 1.807) is 24.3 Å². The van der Waals surface area contributed by atoms with E-state index in [-0.39, 0.29) is 69.3 Å². The van der Waals surface area contributed by atoms with Crippen LogP contribution >= 0.6 is 0 Å². The number of sulfonamides is 1. The van der Waals surface area contributed by atoms with Crippen molar-refractivity contribution >= 4 is 27.5 Å². The number of halogens is 3. The number of carbonyl (C=O) groups excluding carboxylic acids is 2. The van der Waals surface area contributed by atoms with Crippen molar-refractivity contribution in [3.8, 4) is 5.75 Å². The van der Waals surface area contributed by atoms with Crippen molar-refractivity contribution in [2.24, 2.45) is 23.1 Å². The van der Waals surface area contributed by atoms with Crippen LogP contribution in [0, 0.1) is 5.92 Å². The van der Waals surface area contributed by atoms with Gasteiger partial charge in [-0.3, -0.25) is 9.59 Å². The average molecular weight is 633 g/mol. The molecule has 1 saturated carbocycles. The van der Waals surface area contributed by atoms with Gasteiger partial charge in [0.05, 0.1) is 18.4 Å². The fourth-order valence-electron chi connectivity index (χ4n) is 4.38. The van der Waals surface area contributed by atoms with Crippen molar-refractivity contribution in [1.29, 1.82) is 0 Å². The summed E-state index contributed by atoms with van der Waals surface area (Å²) in [6.45, 7) is 2.84. The van der Waals surface area contributed by atoms with Crippen molar-refractivity contribution < 1.29 is 60.0 Å². The fraction of sp³-hybridized carbons (Fsp3) is 0.667. The Morgan fingerprint density at radius 3 is 2.08 bits per heavy atom. The summed E-state index contributed by atoms with van der Waals surface area (Å²) in [5.74, 6) is -0.689. The lowest BCUT2D eigenvalue weighted by Gasteiger charge is -2.28. The molecule has 1 aliphatic carbocycles. The van der Waals surface area contributed by atoms with Gasteiger partial charge in [0, 0.05) is 31.9 Å². The van der Waals surface area contributed by atoms with Gasteiger partial charge < -0.3 is 69.8 Å². The molecule has 228 valence electrons. The number of nitrogens with two attached hydrogens (primary N) is 3. The highest BCUT2D eigenvalue weighted by Gasteiger charge is 2.31. The number of anilines is 1. The molecule has 0 heterocycles. The first kappa shape index (κ1) is 39.8. The zero-order valence-corrected chi connectivity index (χ0v) is 25.4.